The maximum atomic E-state index is 13.2. The van der Waals surface area contributed by atoms with Crippen molar-refractivity contribution in [3.8, 4) is 22.6 Å². The average molecular weight is 305 g/mol. The van der Waals surface area contributed by atoms with E-state index in [0.717, 1.165) is 34.0 Å². The van der Waals surface area contributed by atoms with Gasteiger partial charge in [-0.1, -0.05) is 0 Å². The minimum Gasteiger partial charge on any atom is -0.295 e. The molecule has 0 amide bonds. The summed E-state index contributed by atoms with van der Waals surface area (Å²) in [6.07, 6.45) is 6.75. The Morgan fingerprint density at radius 3 is 2.57 bits per heavy atom. The Labute approximate surface area is 131 Å². The number of nitrogens with zero attached hydrogens (tertiary/aromatic N) is 5. The van der Waals surface area contributed by atoms with Crippen LogP contribution in [0.15, 0.2) is 55.2 Å². The van der Waals surface area contributed by atoms with Crippen LogP contribution in [0.3, 0.4) is 0 Å². The third-order valence-corrected chi connectivity index (χ3v) is 3.66. The maximum Gasteiger partial charge on any atom is 0.159 e. The number of fused-ring (bicyclic) bond motifs is 1. The normalized spacial score (nSPS) is 11.0. The molecule has 23 heavy (non-hydrogen) atoms. The number of benzene rings is 1. The highest BCUT2D eigenvalue weighted by Crippen LogP contribution is 2.31. The topological polar surface area (TPSA) is 56.0 Å². The van der Waals surface area contributed by atoms with Crippen molar-refractivity contribution >= 4 is 5.65 Å². The second kappa shape index (κ2) is 5.24. The van der Waals surface area contributed by atoms with E-state index in [1.165, 1.54) is 18.5 Å². The van der Waals surface area contributed by atoms with Crippen molar-refractivity contribution in [2.24, 2.45) is 0 Å². The Balaban J connectivity index is 2.07. The van der Waals surface area contributed by atoms with Crippen LogP contribution in [0.2, 0.25) is 0 Å². The van der Waals surface area contributed by atoms with Gasteiger partial charge in [0.1, 0.15) is 12.1 Å². The molecule has 0 atom stereocenters. The predicted molar refractivity (Wildman–Crippen MR) is 84.1 cm³/mol. The number of rotatable bonds is 2. The van der Waals surface area contributed by atoms with Crippen LogP contribution in [0.25, 0.3) is 28.3 Å². The van der Waals surface area contributed by atoms with Gasteiger partial charge < -0.3 is 0 Å². The van der Waals surface area contributed by atoms with Crippen molar-refractivity contribution in [3.63, 3.8) is 0 Å². The molecule has 0 radical (unpaired) electrons. The molecular formula is C17H12FN5. The average Bonchev–Trinajstić information content (AvgIpc) is 2.97. The van der Waals surface area contributed by atoms with Crippen LogP contribution < -0.4 is 0 Å². The smallest absolute Gasteiger partial charge is 0.159 e. The highest BCUT2D eigenvalue weighted by Gasteiger charge is 2.18. The third kappa shape index (κ3) is 2.24. The minimum atomic E-state index is -0.279. The minimum absolute atomic E-state index is 0.279. The monoisotopic (exact) mass is 305 g/mol. The Hall–Kier alpha value is -3.15. The van der Waals surface area contributed by atoms with E-state index in [4.69, 9.17) is 4.98 Å². The van der Waals surface area contributed by atoms with Gasteiger partial charge in [0.25, 0.3) is 0 Å². The van der Waals surface area contributed by atoms with E-state index in [-0.39, 0.29) is 5.82 Å². The molecular weight excluding hydrogens is 293 g/mol. The van der Waals surface area contributed by atoms with Crippen molar-refractivity contribution in [1.82, 2.24) is 24.3 Å². The van der Waals surface area contributed by atoms with Gasteiger partial charge in [0.15, 0.2) is 5.65 Å². The fourth-order valence-corrected chi connectivity index (χ4v) is 2.59. The van der Waals surface area contributed by atoms with Gasteiger partial charge in [0, 0.05) is 24.2 Å². The number of imidazole rings is 1. The molecule has 0 aliphatic carbocycles. The molecule has 4 aromatic rings. The van der Waals surface area contributed by atoms with Crippen LogP contribution in [0.4, 0.5) is 4.39 Å². The summed E-state index contributed by atoms with van der Waals surface area (Å²) in [6.45, 7) is 1.90. The van der Waals surface area contributed by atoms with Crippen LogP contribution in [0, 0.1) is 12.7 Å². The van der Waals surface area contributed by atoms with E-state index in [1.807, 2.05) is 23.6 Å². The Morgan fingerprint density at radius 1 is 1.00 bits per heavy atom. The van der Waals surface area contributed by atoms with E-state index >= 15 is 0 Å². The molecule has 3 aromatic heterocycles. The second-order valence-corrected chi connectivity index (χ2v) is 5.12. The molecule has 0 fully saturated rings. The van der Waals surface area contributed by atoms with Crippen LogP contribution >= 0.6 is 0 Å². The Bertz CT molecular complexity index is 977. The lowest BCUT2D eigenvalue weighted by molar-refractivity contribution is 0.628. The van der Waals surface area contributed by atoms with Crippen molar-refractivity contribution in [2.45, 2.75) is 6.92 Å². The molecule has 6 heteroatoms. The predicted octanol–water partition coefficient (Wildman–Crippen LogP) is 3.30. The van der Waals surface area contributed by atoms with Gasteiger partial charge in [-0.15, -0.1) is 0 Å². The van der Waals surface area contributed by atoms with Gasteiger partial charge in [-0.25, -0.2) is 19.3 Å². The van der Waals surface area contributed by atoms with Gasteiger partial charge >= 0.3 is 0 Å². The molecule has 3 heterocycles. The summed E-state index contributed by atoms with van der Waals surface area (Å²) in [5.74, 6) is -0.279. The number of aromatic nitrogens is 5. The van der Waals surface area contributed by atoms with Crippen LogP contribution in [-0.2, 0) is 0 Å². The summed E-state index contributed by atoms with van der Waals surface area (Å²) in [5.41, 5.74) is 4.71. The molecule has 1 aromatic carbocycles. The molecule has 0 saturated carbocycles. The molecule has 4 rings (SSSR count). The molecule has 5 nitrogen and oxygen atoms in total. The zero-order valence-electron chi connectivity index (χ0n) is 12.3. The standard InChI is InChI=1S/C17H12FN5/c1-11-17-22-15(12-2-4-13(18)5-3-12)16(23(17)9-8-20-11)14-6-7-19-10-21-14/h2-10H,1H3. The molecule has 0 N–H and O–H groups in total. The highest BCUT2D eigenvalue weighted by molar-refractivity contribution is 5.80. The first-order valence-corrected chi connectivity index (χ1v) is 7.10. The molecule has 0 unspecified atom stereocenters. The first kappa shape index (κ1) is 13.5. The summed E-state index contributed by atoms with van der Waals surface area (Å²) in [6, 6.07) is 8.10. The zero-order valence-corrected chi connectivity index (χ0v) is 12.3. The van der Waals surface area contributed by atoms with E-state index in [0.29, 0.717) is 0 Å². The fourth-order valence-electron chi connectivity index (χ4n) is 2.59. The van der Waals surface area contributed by atoms with E-state index < -0.39 is 0 Å². The van der Waals surface area contributed by atoms with E-state index in [1.54, 1.807) is 24.5 Å². The zero-order chi connectivity index (χ0) is 15.8. The SMILES string of the molecule is Cc1nccn2c(-c3ccncn3)c(-c3ccc(F)cc3)nc12. The summed E-state index contributed by atoms with van der Waals surface area (Å²) in [7, 11) is 0. The van der Waals surface area contributed by atoms with Crippen LogP contribution in [-0.4, -0.2) is 24.3 Å². The molecule has 0 aliphatic rings. The highest BCUT2D eigenvalue weighted by atomic mass is 19.1. The third-order valence-electron chi connectivity index (χ3n) is 3.66. The Morgan fingerprint density at radius 2 is 1.83 bits per heavy atom. The van der Waals surface area contributed by atoms with Gasteiger partial charge in [-0.2, -0.15) is 0 Å². The van der Waals surface area contributed by atoms with E-state index in [9.17, 15) is 4.39 Å². The Kier molecular flexibility index (Phi) is 3.08. The van der Waals surface area contributed by atoms with Crippen molar-refractivity contribution < 1.29 is 4.39 Å². The van der Waals surface area contributed by atoms with Gasteiger partial charge in [0.05, 0.1) is 22.8 Å². The summed E-state index contributed by atoms with van der Waals surface area (Å²) in [5, 5.41) is 0. The van der Waals surface area contributed by atoms with Crippen LogP contribution in [0.5, 0.6) is 0 Å². The first-order chi connectivity index (χ1) is 11.2. The van der Waals surface area contributed by atoms with Crippen LogP contribution in [0.1, 0.15) is 5.69 Å². The summed E-state index contributed by atoms with van der Waals surface area (Å²) < 4.78 is 15.2. The van der Waals surface area contributed by atoms with Gasteiger partial charge in [0.2, 0.25) is 0 Å². The number of aryl methyl sites for hydroxylation is 1. The number of hydrogen-bond acceptors (Lipinski definition) is 4. The van der Waals surface area contributed by atoms with Crippen molar-refractivity contribution in [3.05, 3.63) is 66.8 Å². The fraction of sp³-hybridized carbons (Fsp3) is 0.0588. The lowest BCUT2D eigenvalue weighted by Gasteiger charge is -2.04. The van der Waals surface area contributed by atoms with Crippen molar-refractivity contribution in [2.75, 3.05) is 0 Å². The molecule has 0 saturated heterocycles. The second-order valence-electron chi connectivity index (χ2n) is 5.12. The quantitative estimate of drug-likeness (QED) is 0.570. The van der Waals surface area contributed by atoms with Gasteiger partial charge in [-0.3, -0.25) is 9.38 Å². The van der Waals surface area contributed by atoms with E-state index in [2.05, 4.69) is 15.0 Å². The number of hydrogen-bond donors (Lipinski definition) is 0. The summed E-state index contributed by atoms with van der Waals surface area (Å²) in [4.78, 5) is 17.3. The molecule has 112 valence electrons. The summed E-state index contributed by atoms with van der Waals surface area (Å²) >= 11 is 0. The molecule has 0 aliphatic heterocycles. The molecule has 0 bridgehead atoms. The largest absolute Gasteiger partial charge is 0.295 e. The lowest BCUT2D eigenvalue weighted by Crippen LogP contribution is -1.94. The maximum absolute atomic E-state index is 13.2. The van der Waals surface area contributed by atoms with Crippen molar-refractivity contribution in [1.29, 1.82) is 0 Å². The van der Waals surface area contributed by atoms with Gasteiger partial charge in [-0.05, 0) is 37.3 Å². The first-order valence-electron chi connectivity index (χ1n) is 7.10. The number of halogens is 1. The lowest BCUT2D eigenvalue weighted by atomic mass is 10.1. The molecule has 0 spiro atoms.